The Morgan fingerprint density at radius 1 is 1.46 bits per heavy atom. The van der Waals surface area contributed by atoms with Crippen LogP contribution in [0, 0.1) is 11.3 Å². The molecule has 0 saturated carbocycles. The zero-order valence-corrected chi connectivity index (χ0v) is 17.7. The first-order chi connectivity index (χ1) is 12.1. The van der Waals surface area contributed by atoms with Crippen LogP contribution in [0.4, 0.5) is 0 Å². The summed E-state index contributed by atoms with van der Waals surface area (Å²) in [6, 6.07) is 0. The van der Waals surface area contributed by atoms with E-state index in [9.17, 15) is 9.59 Å². The highest BCUT2D eigenvalue weighted by atomic mass is 32.2. The molecule has 0 saturated heterocycles. The van der Waals surface area contributed by atoms with Crippen molar-refractivity contribution in [3.05, 3.63) is 20.8 Å². The van der Waals surface area contributed by atoms with Gasteiger partial charge in [-0.25, -0.2) is 4.98 Å². The van der Waals surface area contributed by atoms with Gasteiger partial charge >= 0.3 is 0 Å². The summed E-state index contributed by atoms with van der Waals surface area (Å²) in [4.78, 5) is 32.1. The number of thiophene rings is 1. The van der Waals surface area contributed by atoms with Gasteiger partial charge in [0.05, 0.1) is 10.6 Å². The van der Waals surface area contributed by atoms with E-state index in [2.05, 4.69) is 6.92 Å². The maximum absolute atomic E-state index is 13.2. The van der Waals surface area contributed by atoms with Crippen molar-refractivity contribution >= 4 is 39.2 Å². The van der Waals surface area contributed by atoms with Crippen molar-refractivity contribution in [1.29, 1.82) is 0 Å². The van der Waals surface area contributed by atoms with Gasteiger partial charge in [-0.05, 0) is 43.1 Å². The average Bonchev–Trinajstić information content (AvgIpc) is 2.88. The Morgan fingerprint density at radius 3 is 2.73 bits per heavy atom. The molecule has 2 atom stereocenters. The van der Waals surface area contributed by atoms with Crippen molar-refractivity contribution in [2.75, 3.05) is 0 Å². The van der Waals surface area contributed by atoms with Gasteiger partial charge in [0.25, 0.3) is 5.56 Å². The van der Waals surface area contributed by atoms with E-state index in [1.165, 1.54) is 22.2 Å². The first kappa shape index (κ1) is 19.4. The second-order valence-corrected chi connectivity index (χ2v) is 10.4. The zero-order chi connectivity index (χ0) is 19.2. The van der Waals surface area contributed by atoms with E-state index in [-0.39, 0.29) is 16.9 Å². The summed E-state index contributed by atoms with van der Waals surface area (Å²) in [6.07, 6.45) is 3.10. The molecule has 142 valence electrons. The third-order valence-electron chi connectivity index (χ3n) is 4.96. The molecule has 1 amide bonds. The molecule has 2 N–H and O–H groups in total. The summed E-state index contributed by atoms with van der Waals surface area (Å²) in [5.74, 6) is 0.275. The van der Waals surface area contributed by atoms with Gasteiger partial charge in [0.2, 0.25) is 5.91 Å². The number of amides is 1. The lowest BCUT2D eigenvalue weighted by molar-refractivity contribution is -0.119. The van der Waals surface area contributed by atoms with Gasteiger partial charge in [0, 0.05) is 11.4 Å². The Hall–Kier alpha value is -1.34. The lowest BCUT2D eigenvalue weighted by Crippen LogP contribution is -2.37. The number of hydrogen-bond donors (Lipinski definition) is 1. The predicted octanol–water partition coefficient (Wildman–Crippen LogP) is 3.59. The maximum atomic E-state index is 13.2. The minimum atomic E-state index is -0.445. The Bertz CT molecular complexity index is 908. The number of fused-ring (bicyclic) bond motifs is 3. The summed E-state index contributed by atoms with van der Waals surface area (Å²) in [7, 11) is 0. The molecule has 0 bridgehead atoms. The minimum absolute atomic E-state index is 0.0178. The molecule has 5 nitrogen and oxygen atoms in total. The monoisotopic (exact) mass is 393 g/mol. The van der Waals surface area contributed by atoms with Crippen molar-refractivity contribution < 1.29 is 4.79 Å². The van der Waals surface area contributed by atoms with Gasteiger partial charge in [0.1, 0.15) is 4.83 Å². The SMILES string of the molecule is CCn1c(S[C@H](C(N)=O)C(C)(C)C)nc2sc3c(c2c1=O)CC[C@@H](C)C3. The van der Waals surface area contributed by atoms with Gasteiger partial charge in [-0.2, -0.15) is 0 Å². The largest absolute Gasteiger partial charge is 0.369 e. The molecule has 0 aliphatic heterocycles. The van der Waals surface area contributed by atoms with Gasteiger partial charge in [-0.1, -0.05) is 39.5 Å². The normalized spacial score (nSPS) is 18.7. The molecule has 26 heavy (non-hydrogen) atoms. The number of carbonyl (C=O) groups excluding carboxylic acids is 1. The summed E-state index contributed by atoms with van der Waals surface area (Å²) in [6.45, 7) is 10.7. The molecule has 3 rings (SSSR count). The zero-order valence-electron chi connectivity index (χ0n) is 16.1. The van der Waals surface area contributed by atoms with Crippen LogP contribution >= 0.6 is 23.1 Å². The first-order valence-electron chi connectivity index (χ1n) is 9.14. The fourth-order valence-corrected chi connectivity index (χ4v) is 6.14. The first-order valence-corrected chi connectivity index (χ1v) is 10.8. The van der Waals surface area contributed by atoms with E-state index in [4.69, 9.17) is 10.7 Å². The van der Waals surface area contributed by atoms with E-state index in [1.807, 2.05) is 27.7 Å². The van der Waals surface area contributed by atoms with E-state index in [1.54, 1.807) is 15.9 Å². The van der Waals surface area contributed by atoms with Gasteiger partial charge < -0.3 is 5.73 Å². The van der Waals surface area contributed by atoms with Crippen molar-refractivity contribution in [3.63, 3.8) is 0 Å². The highest BCUT2D eigenvalue weighted by Crippen LogP contribution is 2.38. The molecule has 2 aromatic heterocycles. The van der Waals surface area contributed by atoms with Crippen molar-refractivity contribution in [1.82, 2.24) is 9.55 Å². The summed E-state index contributed by atoms with van der Waals surface area (Å²) < 4.78 is 1.69. The molecule has 0 radical (unpaired) electrons. The third-order valence-corrected chi connectivity index (χ3v) is 7.81. The third kappa shape index (κ3) is 3.43. The number of aryl methyl sites for hydroxylation is 1. The highest BCUT2D eigenvalue weighted by molar-refractivity contribution is 8.00. The Morgan fingerprint density at radius 2 is 2.15 bits per heavy atom. The number of nitrogens with zero attached hydrogens (tertiary/aromatic N) is 2. The molecular formula is C19H27N3O2S2. The predicted molar refractivity (Wildman–Crippen MR) is 109 cm³/mol. The van der Waals surface area contributed by atoms with Crippen LogP contribution < -0.4 is 11.3 Å². The molecule has 7 heteroatoms. The lowest BCUT2D eigenvalue weighted by Gasteiger charge is -2.27. The number of hydrogen-bond acceptors (Lipinski definition) is 5. The molecular weight excluding hydrogens is 366 g/mol. The molecule has 2 aromatic rings. The van der Waals surface area contributed by atoms with Crippen LogP contribution in [0.5, 0.6) is 0 Å². The van der Waals surface area contributed by atoms with Crippen LogP contribution in [-0.2, 0) is 24.2 Å². The number of rotatable bonds is 4. The highest BCUT2D eigenvalue weighted by Gasteiger charge is 2.33. The molecule has 1 aliphatic carbocycles. The van der Waals surface area contributed by atoms with E-state index >= 15 is 0 Å². The Labute approximate surface area is 162 Å². The lowest BCUT2D eigenvalue weighted by atomic mass is 9.89. The molecule has 0 unspecified atom stereocenters. The fourth-order valence-electron chi connectivity index (χ4n) is 3.54. The van der Waals surface area contributed by atoms with Gasteiger partial charge in [0.15, 0.2) is 5.16 Å². The smallest absolute Gasteiger partial charge is 0.263 e. The number of carbonyl (C=O) groups is 1. The van der Waals surface area contributed by atoms with E-state index < -0.39 is 5.25 Å². The van der Waals surface area contributed by atoms with Crippen LogP contribution in [0.1, 0.15) is 51.5 Å². The summed E-state index contributed by atoms with van der Waals surface area (Å²) in [5, 5.41) is 0.934. The summed E-state index contributed by atoms with van der Waals surface area (Å²) in [5.41, 5.74) is 6.54. The topological polar surface area (TPSA) is 78.0 Å². The number of aromatic nitrogens is 2. The molecule has 0 spiro atoms. The standard InChI is InChI=1S/C19H27N3O2S2/c1-6-22-17(24)13-11-8-7-10(2)9-12(11)25-16(13)21-18(22)26-14(15(20)23)19(3,4)5/h10,14H,6-9H2,1-5H3,(H2,20,23)/t10-,14-/m1/s1. The van der Waals surface area contributed by atoms with Crippen LogP contribution in [0.2, 0.25) is 0 Å². The van der Waals surface area contributed by atoms with Crippen molar-refractivity contribution in [3.8, 4) is 0 Å². The van der Waals surface area contributed by atoms with E-state index in [0.717, 1.165) is 29.5 Å². The van der Waals surface area contributed by atoms with Crippen molar-refractivity contribution in [2.45, 2.75) is 70.8 Å². The molecule has 0 aromatic carbocycles. The second kappa shape index (κ2) is 7.00. The van der Waals surface area contributed by atoms with Gasteiger partial charge in [-0.15, -0.1) is 11.3 Å². The second-order valence-electron chi connectivity index (χ2n) is 8.24. The number of thioether (sulfide) groups is 1. The van der Waals surface area contributed by atoms with Crippen LogP contribution in [0.25, 0.3) is 10.2 Å². The van der Waals surface area contributed by atoms with Gasteiger partial charge in [-0.3, -0.25) is 14.2 Å². The van der Waals surface area contributed by atoms with E-state index in [0.29, 0.717) is 17.6 Å². The molecule has 0 fully saturated rings. The summed E-state index contributed by atoms with van der Waals surface area (Å²) >= 11 is 2.95. The van der Waals surface area contributed by atoms with Crippen LogP contribution in [-0.4, -0.2) is 20.7 Å². The number of primary amides is 1. The fraction of sp³-hybridized carbons (Fsp3) is 0.632. The van der Waals surface area contributed by atoms with Crippen LogP contribution in [0.15, 0.2) is 9.95 Å². The Kier molecular flexibility index (Phi) is 5.23. The maximum Gasteiger partial charge on any atom is 0.263 e. The average molecular weight is 394 g/mol. The molecule has 1 aliphatic rings. The quantitative estimate of drug-likeness (QED) is 0.636. The van der Waals surface area contributed by atoms with Crippen LogP contribution in [0.3, 0.4) is 0 Å². The van der Waals surface area contributed by atoms with Crippen molar-refractivity contribution in [2.24, 2.45) is 17.1 Å². The molecule has 2 heterocycles. The minimum Gasteiger partial charge on any atom is -0.369 e. The number of nitrogens with two attached hydrogens (primary N) is 1. The Balaban J connectivity index is 2.15.